The fourth-order valence-electron chi connectivity index (χ4n) is 1.66. The SMILES string of the molecule is CCNc1nc(NC(C)(CC)CO)nc(-n2ccnc2)n1. The molecule has 0 aromatic carbocycles. The lowest BCUT2D eigenvalue weighted by molar-refractivity contribution is 0.218. The maximum absolute atomic E-state index is 9.51. The molecule has 2 aromatic heterocycles. The molecular formula is C13H21N7O. The first kappa shape index (κ1) is 15.2. The number of nitrogens with one attached hydrogen (secondary N) is 2. The normalized spacial score (nSPS) is 13.7. The molecular weight excluding hydrogens is 270 g/mol. The van der Waals surface area contributed by atoms with E-state index in [1.54, 1.807) is 23.3 Å². The van der Waals surface area contributed by atoms with Gasteiger partial charge in [0.25, 0.3) is 0 Å². The van der Waals surface area contributed by atoms with Crippen LogP contribution in [0.4, 0.5) is 11.9 Å². The summed E-state index contributed by atoms with van der Waals surface area (Å²) >= 11 is 0. The molecule has 0 fully saturated rings. The van der Waals surface area contributed by atoms with Crippen molar-refractivity contribution in [3.63, 3.8) is 0 Å². The Morgan fingerprint density at radius 3 is 2.57 bits per heavy atom. The van der Waals surface area contributed by atoms with Crippen molar-refractivity contribution in [2.45, 2.75) is 32.7 Å². The highest BCUT2D eigenvalue weighted by Gasteiger charge is 2.22. The van der Waals surface area contributed by atoms with Crippen LogP contribution in [0.15, 0.2) is 18.7 Å². The fraction of sp³-hybridized carbons (Fsp3) is 0.538. The molecule has 8 heteroatoms. The largest absolute Gasteiger partial charge is 0.394 e. The molecule has 0 spiro atoms. The predicted molar refractivity (Wildman–Crippen MR) is 80.5 cm³/mol. The van der Waals surface area contributed by atoms with Crippen LogP contribution in [0.1, 0.15) is 27.2 Å². The number of aliphatic hydroxyl groups excluding tert-OH is 1. The Hall–Kier alpha value is -2.22. The number of hydrogen-bond donors (Lipinski definition) is 3. The van der Waals surface area contributed by atoms with Gasteiger partial charge in [-0.05, 0) is 20.3 Å². The molecule has 0 aliphatic rings. The molecule has 114 valence electrons. The number of aliphatic hydroxyl groups is 1. The number of imidazole rings is 1. The molecule has 2 aromatic rings. The van der Waals surface area contributed by atoms with Crippen LogP contribution in [0.3, 0.4) is 0 Å². The molecule has 8 nitrogen and oxygen atoms in total. The lowest BCUT2D eigenvalue weighted by Crippen LogP contribution is -2.38. The predicted octanol–water partition coefficient (Wildman–Crippen LogP) is 1.06. The Morgan fingerprint density at radius 2 is 2.00 bits per heavy atom. The monoisotopic (exact) mass is 291 g/mol. The smallest absolute Gasteiger partial charge is 0.241 e. The first-order valence-electron chi connectivity index (χ1n) is 6.97. The summed E-state index contributed by atoms with van der Waals surface area (Å²) in [6, 6.07) is 0. The van der Waals surface area contributed by atoms with Crippen molar-refractivity contribution in [2.75, 3.05) is 23.8 Å². The number of anilines is 2. The van der Waals surface area contributed by atoms with Crippen LogP contribution >= 0.6 is 0 Å². The van der Waals surface area contributed by atoms with Crippen molar-refractivity contribution in [3.05, 3.63) is 18.7 Å². The highest BCUT2D eigenvalue weighted by atomic mass is 16.3. The van der Waals surface area contributed by atoms with Gasteiger partial charge in [0.1, 0.15) is 6.33 Å². The number of aromatic nitrogens is 5. The van der Waals surface area contributed by atoms with Crippen molar-refractivity contribution >= 4 is 11.9 Å². The van der Waals surface area contributed by atoms with Gasteiger partial charge in [-0.25, -0.2) is 4.98 Å². The zero-order valence-corrected chi connectivity index (χ0v) is 12.5. The molecule has 21 heavy (non-hydrogen) atoms. The van der Waals surface area contributed by atoms with Crippen LogP contribution in [-0.2, 0) is 0 Å². The van der Waals surface area contributed by atoms with Gasteiger partial charge in [0.2, 0.25) is 17.8 Å². The van der Waals surface area contributed by atoms with Gasteiger partial charge in [-0.3, -0.25) is 4.57 Å². The van der Waals surface area contributed by atoms with Crippen molar-refractivity contribution < 1.29 is 5.11 Å². The third kappa shape index (κ3) is 3.66. The Bertz CT molecular complexity index is 566. The summed E-state index contributed by atoms with van der Waals surface area (Å²) in [5.74, 6) is 1.37. The summed E-state index contributed by atoms with van der Waals surface area (Å²) in [6.45, 7) is 6.58. The molecule has 1 atom stereocenters. The van der Waals surface area contributed by atoms with E-state index in [9.17, 15) is 5.11 Å². The van der Waals surface area contributed by atoms with E-state index in [2.05, 4.69) is 30.6 Å². The van der Waals surface area contributed by atoms with Crippen molar-refractivity contribution in [3.8, 4) is 5.95 Å². The molecule has 2 heterocycles. The fourth-order valence-corrected chi connectivity index (χ4v) is 1.66. The summed E-state index contributed by atoms with van der Waals surface area (Å²) in [7, 11) is 0. The highest BCUT2D eigenvalue weighted by Crippen LogP contribution is 2.17. The Kier molecular flexibility index (Phi) is 4.69. The van der Waals surface area contributed by atoms with Gasteiger partial charge in [0.05, 0.1) is 12.1 Å². The van der Waals surface area contributed by atoms with Crippen LogP contribution in [0.25, 0.3) is 5.95 Å². The van der Waals surface area contributed by atoms with Crippen LogP contribution in [0.5, 0.6) is 0 Å². The quantitative estimate of drug-likeness (QED) is 0.701. The third-order valence-electron chi connectivity index (χ3n) is 3.24. The Balaban J connectivity index is 2.36. The van der Waals surface area contributed by atoms with Gasteiger partial charge in [0, 0.05) is 18.9 Å². The second-order valence-corrected chi connectivity index (χ2v) is 4.98. The van der Waals surface area contributed by atoms with Gasteiger partial charge in [0.15, 0.2) is 0 Å². The van der Waals surface area contributed by atoms with E-state index in [1.165, 1.54) is 0 Å². The van der Waals surface area contributed by atoms with E-state index in [1.807, 2.05) is 20.8 Å². The number of hydrogen-bond acceptors (Lipinski definition) is 7. The zero-order chi connectivity index (χ0) is 15.3. The Morgan fingerprint density at radius 1 is 1.24 bits per heavy atom. The van der Waals surface area contributed by atoms with E-state index in [-0.39, 0.29) is 6.61 Å². The maximum atomic E-state index is 9.51. The summed E-state index contributed by atoms with van der Waals surface area (Å²) < 4.78 is 1.70. The van der Waals surface area contributed by atoms with E-state index in [0.29, 0.717) is 24.4 Å². The summed E-state index contributed by atoms with van der Waals surface area (Å²) in [5.41, 5.74) is -0.475. The van der Waals surface area contributed by atoms with Gasteiger partial charge >= 0.3 is 0 Å². The molecule has 0 aliphatic carbocycles. The minimum Gasteiger partial charge on any atom is -0.394 e. The lowest BCUT2D eigenvalue weighted by Gasteiger charge is -2.27. The second-order valence-electron chi connectivity index (χ2n) is 4.98. The Labute approximate surface area is 123 Å². The zero-order valence-electron chi connectivity index (χ0n) is 12.5. The first-order chi connectivity index (χ1) is 10.1. The van der Waals surface area contributed by atoms with Gasteiger partial charge < -0.3 is 15.7 Å². The molecule has 0 radical (unpaired) electrons. The first-order valence-corrected chi connectivity index (χ1v) is 6.97. The molecule has 0 amide bonds. The molecule has 3 N–H and O–H groups in total. The van der Waals surface area contributed by atoms with E-state index in [0.717, 1.165) is 6.42 Å². The van der Waals surface area contributed by atoms with Crippen LogP contribution in [-0.4, -0.2) is 48.3 Å². The molecule has 1 unspecified atom stereocenters. The maximum Gasteiger partial charge on any atom is 0.241 e. The van der Waals surface area contributed by atoms with Crippen LogP contribution in [0.2, 0.25) is 0 Å². The highest BCUT2D eigenvalue weighted by molar-refractivity contribution is 5.39. The lowest BCUT2D eigenvalue weighted by atomic mass is 10.0. The average molecular weight is 291 g/mol. The average Bonchev–Trinajstić information content (AvgIpc) is 3.01. The van der Waals surface area contributed by atoms with Crippen molar-refractivity contribution in [1.82, 2.24) is 24.5 Å². The van der Waals surface area contributed by atoms with Crippen LogP contribution in [0, 0.1) is 0 Å². The van der Waals surface area contributed by atoms with Crippen molar-refractivity contribution in [1.29, 1.82) is 0 Å². The second kappa shape index (κ2) is 6.49. The van der Waals surface area contributed by atoms with Gasteiger partial charge in [-0.2, -0.15) is 15.0 Å². The van der Waals surface area contributed by atoms with Gasteiger partial charge in [-0.15, -0.1) is 0 Å². The van der Waals surface area contributed by atoms with E-state index < -0.39 is 5.54 Å². The topological polar surface area (TPSA) is 101 Å². The van der Waals surface area contributed by atoms with E-state index >= 15 is 0 Å². The minimum atomic E-state index is -0.475. The molecule has 0 saturated carbocycles. The minimum absolute atomic E-state index is 0.00781. The molecule has 0 aliphatic heterocycles. The number of rotatable bonds is 7. The standard InChI is InChI=1S/C13H21N7O/c1-4-13(3,8-21)19-11-16-10(15-5-2)17-12(18-11)20-7-6-14-9-20/h6-7,9,21H,4-5,8H2,1-3H3,(H2,15,16,17,18,19). The molecule has 2 rings (SSSR count). The molecule has 0 bridgehead atoms. The summed E-state index contributed by atoms with van der Waals surface area (Å²) in [5, 5.41) is 15.8. The molecule has 0 saturated heterocycles. The van der Waals surface area contributed by atoms with Crippen LogP contribution < -0.4 is 10.6 Å². The third-order valence-corrected chi connectivity index (χ3v) is 3.24. The summed E-state index contributed by atoms with van der Waals surface area (Å²) in [4.78, 5) is 17.0. The summed E-state index contributed by atoms with van der Waals surface area (Å²) in [6.07, 6.45) is 5.79. The van der Waals surface area contributed by atoms with E-state index in [4.69, 9.17) is 0 Å². The van der Waals surface area contributed by atoms with Crippen molar-refractivity contribution in [2.24, 2.45) is 0 Å². The van der Waals surface area contributed by atoms with Gasteiger partial charge in [-0.1, -0.05) is 6.92 Å². The number of nitrogens with zero attached hydrogens (tertiary/aromatic N) is 5.